The van der Waals surface area contributed by atoms with Gasteiger partial charge in [-0.2, -0.15) is 0 Å². The highest BCUT2D eigenvalue weighted by Gasteiger charge is 2.10. The first-order chi connectivity index (χ1) is 6.06. The van der Waals surface area contributed by atoms with Crippen LogP contribution in [0.3, 0.4) is 0 Å². The normalized spacial score (nSPS) is 10.1. The zero-order valence-corrected chi connectivity index (χ0v) is 9.75. The minimum Gasteiger partial charge on any atom is -0.478 e. The van der Waals surface area contributed by atoms with Crippen molar-refractivity contribution in [2.45, 2.75) is 20.3 Å². The maximum absolute atomic E-state index is 10.8. The van der Waals surface area contributed by atoms with Crippen LogP contribution in [0.5, 0.6) is 0 Å². The summed E-state index contributed by atoms with van der Waals surface area (Å²) in [6.45, 7) is 3.96. The minimum absolute atomic E-state index is 0.428. The van der Waals surface area contributed by atoms with Gasteiger partial charge in [0.15, 0.2) is 0 Å². The molecule has 0 aromatic heterocycles. The van der Waals surface area contributed by atoms with Crippen molar-refractivity contribution in [3.63, 3.8) is 0 Å². The van der Waals surface area contributed by atoms with Gasteiger partial charge in [0, 0.05) is 3.57 Å². The molecule has 0 aliphatic carbocycles. The smallest absolute Gasteiger partial charge is 0.335 e. The van der Waals surface area contributed by atoms with Gasteiger partial charge in [-0.15, -0.1) is 0 Å². The van der Waals surface area contributed by atoms with Gasteiger partial charge < -0.3 is 5.11 Å². The SMILES string of the molecule is CCc1cc(C)c(I)cc1C(=O)O. The Kier molecular flexibility index (Phi) is 3.30. The Balaban J connectivity index is 3.33. The summed E-state index contributed by atoms with van der Waals surface area (Å²) < 4.78 is 1.01. The van der Waals surface area contributed by atoms with E-state index in [1.165, 1.54) is 0 Å². The lowest BCUT2D eigenvalue weighted by Crippen LogP contribution is -2.03. The van der Waals surface area contributed by atoms with Gasteiger partial charge in [-0.25, -0.2) is 4.79 Å². The van der Waals surface area contributed by atoms with E-state index in [0.717, 1.165) is 21.1 Å². The number of carbonyl (C=O) groups is 1. The summed E-state index contributed by atoms with van der Waals surface area (Å²) in [5.74, 6) is -0.838. The topological polar surface area (TPSA) is 37.3 Å². The van der Waals surface area contributed by atoms with Crippen LogP contribution in [0.15, 0.2) is 12.1 Å². The molecule has 0 amide bonds. The van der Waals surface area contributed by atoms with Crippen molar-refractivity contribution in [2.24, 2.45) is 0 Å². The Bertz CT molecular complexity index is 345. The van der Waals surface area contributed by atoms with E-state index in [1.54, 1.807) is 6.07 Å². The largest absolute Gasteiger partial charge is 0.478 e. The predicted octanol–water partition coefficient (Wildman–Crippen LogP) is 2.86. The Morgan fingerprint density at radius 3 is 2.62 bits per heavy atom. The average molecular weight is 290 g/mol. The quantitative estimate of drug-likeness (QED) is 0.850. The molecule has 0 radical (unpaired) electrons. The average Bonchev–Trinajstić information content (AvgIpc) is 2.08. The van der Waals surface area contributed by atoms with Crippen molar-refractivity contribution >= 4 is 28.6 Å². The highest BCUT2D eigenvalue weighted by molar-refractivity contribution is 14.1. The number of carboxylic acid groups (broad SMARTS) is 1. The zero-order valence-electron chi connectivity index (χ0n) is 7.60. The van der Waals surface area contributed by atoms with E-state index in [0.29, 0.717) is 5.56 Å². The maximum Gasteiger partial charge on any atom is 0.335 e. The molecule has 0 heterocycles. The number of benzene rings is 1. The van der Waals surface area contributed by atoms with Gasteiger partial charge in [0.25, 0.3) is 0 Å². The molecule has 1 aromatic rings. The molecular weight excluding hydrogens is 279 g/mol. The lowest BCUT2D eigenvalue weighted by atomic mass is 10.0. The molecule has 0 spiro atoms. The molecule has 0 aliphatic heterocycles. The molecule has 1 N–H and O–H groups in total. The summed E-state index contributed by atoms with van der Waals surface area (Å²) >= 11 is 2.15. The van der Waals surface area contributed by atoms with Crippen LogP contribution in [0.2, 0.25) is 0 Å². The standard InChI is InChI=1S/C10H11IO2/c1-3-7-4-6(2)9(11)5-8(7)10(12)13/h4-5H,3H2,1-2H3,(H,12,13). The molecule has 70 valence electrons. The van der Waals surface area contributed by atoms with Crippen LogP contribution >= 0.6 is 22.6 Å². The fourth-order valence-corrected chi connectivity index (χ4v) is 1.70. The van der Waals surface area contributed by atoms with Crippen molar-refractivity contribution in [2.75, 3.05) is 0 Å². The third-order valence-corrected chi connectivity index (χ3v) is 3.16. The van der Waals surface area contributed by atoms with Gasteiger partial charge in [0.1, 0.15) is 0 Å². The third kappa shape index (κ3) is 2.21. The lowest BCUT2D eigenvalue weighted by Gasteiger charge is -2.06. The fraction of sp³-hybridized carbons (Fsp3) is 0.300. The number of halogens is 1. The van der Waals surface area contributed by atoms with Crippen LogP contribution in [-0.4, -0.2) is 11.1 Å². The van der Waals surface area contributed by atoms with Crippen LogP contribution < -0.4 is 0 Å². The van der Waals surface area contributed by atoms with E-state index in [2.05, 4.69) is 22.6 Å². The van der Waals surface area contributed by atoms with Crippen molar-refractivity contribution in [3.05, 3.63) is 32.4 Å². The van der Waals surface area contributed by atoms with Crippen molar-refractivity contribution < 1.29 is 9.90 Å². The molecule has 0 aliphatic rings. The molecule has 1 aromatic carbocycles. The second kappa shape index (κ2) is 4.09. The molecule has 13 heavy (non-hydrogen) atoms. The molecule has 0 unspecified atom stereocenters. The van der Waals surface area contributed by atoms with Crippen molar-refractivity contribution in [1.29, 1.82) is 0 Å². The van der Waals surface area contributed by atoms with E-state index in [-0.39, 0.29) is 0 Å². The number of aromatic carboxylic acids is 1. The highest BCUT2D eigenvalue weighted by Crippen LogP contribution is 2.18. The van der Waals surface area contributed by atoms with Crippen molar-refractivity contribution in [1.82, 2.24) is 0 Å². The summed E-state index contributed by atoms with van der Waals surface area (Å²) in [6, 6.07) is 3.68. The van der Waals surface area contributed by atoms with Crippen LogP contribution in [0, 0.1) is 10.5 Å². The first-order valence-corrected chi connectivity index (χ1v) is 5.16. The minimum atomic E-state index is -0.838. The monoisotopic (exact) mass is 290 g/mol. The summed E-state index contributed by atoms with van der Waals surface area (Å²) in [7, 11) is 0. The zero-order chi connectivity index (χ0) is 10.0. The van der Waals surface area contributed by atoms with Gasteiger partial charge in [-0.05, 0) is 53.1 Å². The van der Waals surface area contributed by atoms with Gasteiger partial charge in [0.05, 0.1) is 5.56 Å². The number of hydrogen-bond acceptors (Lipinski definition) is 1. The van der Waals surface area contributed by atoms with E-state index in [1.807, 2.05) is 19.9 Å². The molecule has 1 rings (SSSR count). The van der Waals surface area contributed by atoms with E-state index >= 15 is 0 Å². The molecular formula is C10H11IO2. The Morgan fingerprint density at radius 2 is 2.15 bits per heavy atom. The maximum atomic E-state index is 10.8. The number of carboxylic acids is 1. The summed E-state index contributed by atoms with van der Waals surface area (Å²) in [5.41, 5.74) is 2.48. The first kappa shape index (κ1) is 10.5. The molecule has 3 heteroatoms. The van der Waals surface area contributed by atoms with Crippen LogP contribution in [-0.2, 0) is 6.42 Å². The van der Waals surface area contributed by atoms with Crippen LogP contribution in [0.25, 0.3) is 0 Å². The summed E-state index contributed by atoms with van der Waals surface area (Å²) in [6.07, 6.45) is 0.763. The van der Waals surface area contributed by atoms with Crippen molar-refractivity contribution in [3.8, 4) is 0 Å². The number of rotatable bonds is 2. The third-order valence-electron chi connectivity index (χ3n) is 2.00. The van der Waals surface area contributed by atoms with Gasteiger partial charge in [0.2, 0.25) is 0 Å². The molecule has 2 nitrogen and oxygen atoms in total. The summed E-state index contributed by atoms with van der Waals surface area (Å²) in [5, 5.41) is 8.91. The van der Waals surface area contributed by atoms with Gasteiger partial charge >= 0.3 is 5.97 Å². The Morgan fingerprint density at radius 1 is 1.54 bits per heavy atom. The van der Waals surface area contributed by atoms with E-state index < -0.39 is 5.97 Å². The van der Waals surface area contributed by atoms with Crippen LogP contribution in [0.4, 0.5) is 0 Å². The first-order valence-electron chi connectivity index (χ1n) is 4.08. The van der Waals surface area contributed by atoms with E-state index in [4.69, 9.17) is 5.11 Å². The van der Waals surface area contributed by atoms with E-state index in [9.17, 15) is 4.79 Å². The molecule has 0 saturated carbocycles. The Hall–Kier alpha value is -0.580. The fourth-order valence-electron chi connectivity index (χ4n) is 1.23. The Labute approximate surface area is 91.1 Å². The van der Waals surface area contributed by atoms with Gasteiger partial charge in [-0.3, -0.25) is 0 Å². The second-order valence-corrected chi connectivity index (χ2v) is 4.08. The highest BCUT2D eigenvalue weighted by atomic mass is 127. The lowest BCUT2D eigenvalue weighted by molar-refractivity contribution is 0.0695. The molecule has 0 fully saturated rings. The molecule has 0 bridgehead atoms. The molecule has 0 saturated heterocycles. The summed E-state index contributed by atoms with van der Waals surface area (Å²) in [4.78, 5) is 10.8. The number of aryl methyl sites for hydroxylation is 2. The number of hydrogen-bond donors (Lipinski definition) is 1. The predicted molar refractivity (Wildman–Crippen MR) is 60.2 cm³/mol. The second-order valence-electron chi connectivity index (χ2n) is 2.92. The van der Waals surface area contributed by atoms with Gasteiger partial charge in [-0.1, -0.05) is 13.0 Å². The molecule has 0 atom stereocenters. The van der Waals surface area contributed by atoms with Crippen LogP contribution in [0.1, 0.15) is 28.4 Å².